The van der Waals surface area contributed by atoms with Gasteiger partial charge in [0.1, 0.15) is 29.6 Å². The number of halogens is 1. The monoisotopic (exact) mass is 508 g/mol. The van der Waals surface area contributed by atoms with Gasteiger partial charge in [0.15, 0.2) is 0 Å². The second-order valence-electron chi connectivity index (χ2n) is 9.20. The van der Waals surface area contributed by atoms with E-state index in [1.54, 1.807) is 5.48 Å². The van der Waals surface area contributed by atoms with E-state index in [-0.39, 0.29) is 37.0 Å². The van der Waals surface area contributed by atoms with Crippen molar-refractivity contribution < 1.29 is 37.0 Å². The maximum Gasteiger partial charge on any atom is 0.265 e. The standard InChI is InChI=1S/C24H29FN2O7S/c1-16(2)11-12-27(24(23(28)26-29)13-21-22(14-24)33-15-32-21)35(30,31)20-9-7-19(8-10-20)34-18-5-3-17(25)4-6-18/h3-10,16,21-22,29H,11-15H2,1-2H3,(H,26,28). The largest absolute Gasteiger partial charge is 0.457 e. The number of rotatable bonds is 9. The number of nitrogens with zero attached hydrogens (tertiary/aromatic N) is 1. The van der Waals surface area contributed by atoms with Crippen LogP contribution in [-0.4, -0.2) is 54.9 Å². The molecule has 9 nitrogen and oxygen atoms in total. The van der Waals surface area contributed by atoms with Crippen LogP contribution in [0, 0.1) is 11.7 Å². The van der Waals surface area contributed by atoms with Crippen molar-refractivity contribution in [3.63, 3.8) is 0 Å². The van der Waals surface area contributed by atoms with Crippen LogP contribution in [0.25, 0.3) is 0 Å². The van der Waals surface area contributed by atoms with Gasteiger partial charge in [0.25, 0.3) is 5.91 Å². The van der Waals surface area contributed by atoms with Crippen LogP contribution in [0.4, 0.5) is 4.39 Å². The number of benzene rings is 2. The number of carbonyl (C=O) groups is 1. The number of carbonyl (C=O) groups excluding carboxylic acids is 1. The number of hydrogen-bond acceptors (Lipinski definition) is 7. The van der Waals surface area contributed by atoms with Gasteiger partial charge in [0.05, 0.1) is 17.1 Å². The van der Waals surface area contributed by atoms with Gasteiger partial charge < -0.3 is 14.2 Å². The molecule has 0 aromatic heterocycles. The molecule has 2 aliphatic rings. The number of ether oxygens (including phenoxy) is 3. The molecule has 2 atom stereocenters. The Hall–Kier alpha value is -2.57. The van der Waals surface area contributed by atoms with Crippen molar-refractivity contribution >= 4 is 15.9 Å². The summed E-state index contributed by atoms with van der Waals surface area (Å²) in [6, 6.07) is 11.2. The highest BCUT2D eigenvalue weighted by Gasteiger charge is 2.59. The van der Waals surface area contributed by atoms with Crippen LogP contribution in [0.15, 0.2) is 53.4 Å². The zero-order chi connectivity index (χ0) is 25.2. The molecule has 0 spiro atoms. The van der Waals surface area contributed by atoms with Gasteiger partial charge in [-0.1, -0.05) is 13.8 Å². The molecular formula is C24H29FN2O7S. The number of hydroxylamine groups is 1. The van der Waals surface area contributed by atoms with Crippen LogP contribution in [0.3, 0.4) is 0 Å². The van der Waals surface area contributed by atoms with Gasteiger partial charge in [-0.15, -0.1) is 0 Å². The van der Waals surface area contributed by atoms with Gasteiger partial charge in [-0.3, -0.25) is 10.0 Å². The lowest BCUT2D eigenvalue weighted by Crippen LogP contribution is -2.59. The van der Waals surface area contributed by atoms with Crippen LogP contribution in [0.2, 0.25) is 0 Å². The molecule has 1 aliphatic heterocycles. The molecule has 0 radical (unpaired) electrons. The molecule has 1 saturated heterocycles. The van der Waals surface area contributed by atoms with E-state index >= 15 is 0 Å². The van der Waals surface area contributed by atoms with E-state index in [9.17, 15) is 22.8 Å². The quantitative estimate of drug-likeness (QED) is 0.394. The maximum absolute atomic E-state index is 13.9. The van der Waals surface area contributed by atoms with Gasteiger partial charge in [-0.25, -0.2) is 18.3 Å². The van der Waals surface area contributed by atoms with E-state index in [0.29, 0.717) is 17.9 Å². The van der Waals surface area contributed by atoms with Gasteiger partial charge in [0, 0.05) is 19.4 Å². The van der Waals surface area contributed by atoms with Crippen molar-refractivity contribution in [3.05, 3.63) is 54.3 Å². The molecule has 2 N–H and O–H groups in total. The van der Waals surface area contributed by atoms with Crippen molar-refractivity contribution in [1.82, 2.24) is 9.79 Å². The first-order valence-corrected chi connectivity index (χ1v) is 12.8. The van der Waals surface area contributed by atoms with Crippen molar-refractivity contribution in [1.29, 1.82) is 0 Å². The molecule has 1 amide bonds. The van der Waals surface area contributed by atoms with E-state index < -0.39 is 39.5 Å². The Bertz CT molecular complexity index is 1130. The molecule has 1 aliphatic carbocycles. The van der Waals surface area contributed by atoms with Crippen LogP contribution < -0.4 is 10.2 Å². The van der Waals surface area contributed by atoms with Gasteiger partial charge in [-0.05, 0) is 60.9 Å². The van der Waals surface area contributed by atoms with Crippen LogP contribution >= 0.6 is 0 Å². The highest BCUT2D eigenvalue weighted by molar-refractivity contribution is 7.89. The molecule has 190 valence electrons. The second-order valence-corrected chi connectivity index (χ2v) is 11.1. The number of hydrogen-bond donors (Lipinski definition) is 2. The summed E-state index contributed by atoms with van der Waals surface area (Å²) in [5.74, 6) is -0.279. The second kappa shape index (κ2) is 10.2. The Morgan fingerprint density at radius 3 is 2.17 bits per heavy atom. The van der Waals surface area contributed by atoms with Gasteiger partial charge in [-0.2, -0.15) is 4.31 Å². The number of nitrogens with one attached hydrogen (secondary N) is 1. The molecule has 35 heavy (non-hydrogen) atoms. The SMILES string of the molecule is CC(C)CCN(C1(C(=O)NO)CC2OCOC2C1)S(=O)(=O)c1ccc(Oc2ccc(F)cc2)cc1. The number of amides is 1. The molecule has 4 rings (SSSR count). The Labute approximate surface area is 203 Å². The van der Waals surface area contributed by atoms with Crippen molar-refractivity contribution in [2.75, 3.05) is 13.3 Å². The van der Waals surface area contributed by atoms with Crippen molar-refractivity contribution in [2.45, 2.75) is 55.8 Å². The van der Waals surface area contributed by atoms with E-state index in [2.05, 4.69) is 0 Å². The van der Waals surface area contributed by atoms with Crippen LogP contribution in [0.5, 0.6) is 11.5 Å². The Morgan fingerprint density at radius 1 is 1.11 bits per heavy atom. The molecule has 2 fully saturated rings. The lowest BCUT2D eigenvalue weighted by Gasteiger charge is -2.39. The average Bonchev–Trinajstić information content (AvgIpc) is 3.40. The average molecular weight is 509 g/mol. The maximum atomic E-state index is 13.9. The summed E-state index contributed by atoms with van der Waals surface area (Å²) in [7, 11) is -4.17. The Kier molecular flexibility index (Phi) is 7.43. The molecule has 1 saturated carbocycles. The summed E-state index contributed by atoms with van der Waals surface area (Å²) < 4.78 is 58.8. The summed E-state index contributed by atoms with van der Waals surface area (Å²) in [6.45, 7) is 4.07. The van der Waals surface area contributed by atoms with Crippen LogP contribution in [0.1, 0.15) is 33.1 Å². The van der Waals surface area contributed by atoms with E-state index in [0.717, 1.165) is 0 Å². The zero-order valence-electron chi connectivity index (χ0n) is 19.5. The molecule has 0 bridgehead atoms. The molecule has 2 unspecified atom stereocenters. The van der Waals surface area contributed by atoms with E-state index in [1.165, 1.54) is 52.8 Å². The molecular weight excluding hydrogens is 479 g/mol. The predicted molar refractivity (Wildman–Crippen MR) is 123 cm³/mol. The van der Waals surface area contributed by atoms with Crippen molar-refractivity contribution in [3.8, 4) is 11.5 Å². The summed E-state index contributed by atoms with van der Waals surface area (Å²) in [4.78, 5) is 13.0. The normalized spacial score (nSPS) is 24.1. The number of fused-ring (bicyclic) bond motifs is 1. The molecule has 2 aromatic rings. The third kappa shape index (κ3) is 5.19. The first kappa shape index (κ1) is 25.5. The Morgan fingerprint density at radius 2 is 1.66 bits per heavy atom. The zero-order valence-corrected chi connectivity index (χ0v) is 20.3. The minimum atomic E-state index is -4.17. The summed E-state index contributed by atoms with van der Waals surface area (Å²) in [5.41, 5.74) is 0.0983. The predicted octanol–water partition coefficient (Wildman–Crippen LogP) is 3.43. The third-order valence-corrected chi connectivity index (χ3v) is 8.41. The minimum absolute atomic E-state index is 0.0308. The van der Waals surface area contributed by atoms with Crippen LogP contribution in [-0.2, 0) is 24.3 Å². The molecule has 2 aromatic carbocycles. The molecule has 11 heteroatoms. The number of sulfonamides is 1. The Balaban J connectivity index is 1.65. The lowest BCUT2D eigenvalue weighted by molar-refractivity contribution is -0.141. The summed E-state index contributed by atoms with van der Waals surface area (Å²) >= 11 is 0. The molecule has 1 heterocycles. The van der Waals surface area contributed by atoms with Gasteiger partial charge >= 0.3 is 0 Å². The smallest absolute Gasteiger partial charge is 0.265 e. The van der Waals surface area contributed by atoms with E-state index in [4.69, 9.17) is 14.2 Å². The van der Waals surface area contributed by atoms with E-state index in [1.807, 2.05) is 13.8 Å². The minimum Gasteiger partial charge on any atom is -0.457 e. The fourth-order valence-corrected chi connectivity index (χ4v) is 6.32. The first-order chi connectivity index (χ1) is 16.7. The highest BCUT2D eigenvalue weighted by Crippen LogP contribution is 2.44. The highest BCUT2D eigenvalue weighted by atomic mass is 32.2. The fourth-order valence-electron chi connectivity index (χ4n) is 4.55. The summed E-state index contributed by atoms with van der Waals surface area (Å²) in [6.07, 6.45) is -0.269. The fraction of sp³-hybridized carbons (Fsp3) is 0.458. The first-order valence-electron chi connectivity index (χ1n) is 11.4. The third-order valence-electron chi connectivity index (χ3n) is 6.43. The topological polar surface area (TPSA) is 114 Å². The summed E-state index contributed by atoms with van der Waals surface area (Å²) in [5, 5.41) is 9.54. The van der Waals surface area contributed by atoms with Gasteiger partial charge in [0.2, 0.25) is 10.0 Å². The lowest BCUT2D eigenvalue weighted by atomic mass is 9.95. The van der Waals surface area contributed by atoms with Crippen molar-refractivity contribution in [2.24, 2.45) is 5.92 Å².